The molecule has 0 bridgehead atoms. The molecule has 7 heteroatoms. The van der Waals surface area contributed by atoms with Crippen LogP contribution in [0.25, 0.3) is 0 Å². The summed E-state index contributed by atoms with van der Waals surface area (Å²) in [5, 5.41) is 11.7. The molecule has 3 aromatic rings. The summed E-state index contributed by atoms with van der Waals surface area (Å²) in [6.45, 7) is 10.2. The average molecular weight is 544 g/mol. The van der Waals surface area contributed by atoms with Gasteiger partial charge in [0.05, 0.1) is 17.1 Å². The first-order valence-corrected chi connectivity index (χ1v) is 13.2. The quantitative estimate of drug-likeness (QED) is 0.436. The van der Waals surface area contributed by atoms with Gasteiger partial charge in [-0.1, -0.05) is 72.2 Å². The molecule has 5 nitrogen and oxygen atoms in total. The van der Waals surface area contributed by atoms with Crippen molar-refractivity contribution in [3.63, 3.8) is 0 Å². The highest BCUT2D eigenvalue weighted by Crippen LogP contribution is 2.45. The van der Waals surface area contributed by atoms with Gasteiger partial charge in [-0.25, -0.2) is 8.93 Å². The Bertz CT molecular complexity index is 1170. The Labute approximate surface area is 212 Å². The molecule has 1 aliphatic heterocycles. The minimum absolute atomic E-state index is 0.310. The molecule has 1 aliphatic rings. The Morgan fingerprint density at radius 3 is 2.15 bits per heavy atom. The second kappa shape index (κ2) is 10.5. The van der Waals surface area contributed by atoms with Crippen molar-refractivity contribution in [2.24, 2.45) is 0 Å². The number of halogens is 1. The van der Waals surface area contributed by atoms with Crippen LogP contribution in [0.4, 0.5) is 5.69 Å². The van der Waals surface area contributed by atoms with Crippen molar-refractivity contribution >= 4 is 38.5 Å². The number of fused-ring (bicyclic) bond motifs is 1. The fraction of sp³-hybridized carbons (Fsp3) is 0.296. The van der Waals surface area contributed by atoms with Crippen LogP contribution in [0.3, 0.4) is 0 Å². The highest BCUT2D eigenvalue weighted by atomic mass is 79.9. The molecule has 3 aromatic carbocycles. The van der Waals surface area contributed by atoms with Gasteiger partial charge < -0.3 is 10.0 Å². The largest absolute Gasteiger partial charge is 0.372 e. The van der Waals surface area contributed by atoms with Gasteiger partial charge in [-0.05, 0) is 62.2 Å². The van der Waals surface area contributed by atoms with Crippen LogP contribution in [0.1, 0.15) is 51.3 Å². The molecule has 2 unspecified atom stereocenters. The van der Waals surface area contributed by atoms with Gasteiger partial charge in [0.1, 0.15) is 11.0 Å². The number of hydrogen-bond acceptors (Lipinski definition) is 3. The molecule has 0 spiro atoms. The molecule has 0 saturated carbocycles. The minimum atomic E-state index is -1.80. The summed E-state index contributed by atoms with van der Waals surface area (Å²) < 4.78 is 16.6. The fourth-order valence-corrected chi connectivity index (χ4v) is 5.12. The van der Waals surface area contributed by atoms with Gasteiger partial charge in [0.15, 0.2) is 5.60 Å². The van der Waals surface area contributed by atoms with Crippen LogP contribution in [-0.4, -0.2) is 20.8 Å². The highest BCUT2D eigenvalue weighted by Gasteiger charge is 2.50. The lowest BCUT2D eigenvalue weighted by Gasteiger charge is -2.24. The van der Waals surface area contributed by atoms with Crippen molar-refractivity contribution in [3.05, 3.63) is 94.0 Å². The van der Waals surface area contributed by atoms with E-state index in [1.807, 2.05) is 77.1 Å². The standard InChI is InChI=1S/C25H25BrN2O3S.C2H6/c1-24(2,3)27-32(31)20-14-10-18(11-15-20)25(30)21-6-4-5-7-22(21)28(23(25)29)16-17-8-12-19(26)13-9-17;1-2/h4-15,27,30H,16H2,1-3H3;1-2H3. The molecule has 1 heterocycles. The van der Waals surface area contributed by atoms with E-state index in [9.17, 15) is 14.1 Å². The normalized spacial score (nSPS) is 18.2. The zero-order valence-electron chi connectivity index (χ0n) is 20.1. The molecule has 0 saturated heterocycles. The topological polar surface area (TPSA) is 69.6 Å². The van der Waals surface area contributed by atoms with Crippen LogP contribution >= 0.6 is 15.9 Å². The van der Waals surface area contributed by atoms with E-state index >= 15 is 0 Å². The molecule has 0 aromatic heterocycles. The third kappa shape index (κ3) is 5.33. The maximum absolute atomic E-state index is 13.6. The molecule has 0 aliphatic carbocycles. The van der Waals surface area contributed by atoms with E-state index in [1.165, 1.54) is 0 Å². The van der Waals surface area contributed by atoms with Crippen LogP contribution in [0.5, 0.6) is 0 Å². The highest BCUT2D eigenvalue weighted by molar-refractivity contribution is 9.10. The smallest absolute Gasteiger partial charge is 0.268 e. The summed E-state index contributed by atoms with van der Waals surface area (Å²) in [4.78, 5) is 15.8. The Morgan fingerprint density at radius 2 is 1.56 bits per heavy atom. The van der Waals surface area contributed by atoms with Crippen LogP contribution in [-0.2, 0) is 27.9 Å². The monoisotopic (exact) mass is 542 g/mol. The summed E-state index contributed by atoms with van der Waals surface area (Å²) in [5.41, 5.74) is 0.525. The number of rotatable bonds is 5. The van der Waals surface area contributed by atoms with Crippen molar-refractivity contribution in [1.82, 2.24) is 4.72 Å². The van der Waals surface area contributed by atoms with Crippen LogP contribution in [0, 0.1) is 0 Å². The van der Waals surface area contributed by atoms with Gasteiger partial charge in [-0.3, -0.25) is 4.79 Å². The molecular weight excluding hydrogens is 512 g/mol. The number of amides is 1. The van der Waals surface area contributed by atoms with Crippen LogP contribution < -0.4 is 9.62 Å². The SMILES string of the molecule is CC.CC(C)(C)NS(=O)c1ccc(C2(O)C(=O)N(Cc3ccc(Br)cc3)c3ccccc32)cc1. The Kier molecular flexibility index (Phi) is 8.14. The second-order valence-corrected chi connectivity index (χ2v) is 11.0. The lowest BCUT2D eigenvalue weighted by molar-refractivity contribution is -0.132. The molecule has 1 amide bonds. The third-order valence-electron chi connectivity index (χ3n) is 5.28. The molecular formula is C27H31BrN2O3S. The summed E-state index contributed by atoms with van der Waals surface area (Å²) >= 11 is 3.43. The van der Waals surface area contributed by atoms with E-state index in [2.05, 4.69) is 20.7 Å². The Morgan fingerprint density at radius 1 is 0.971 bits per heavy atom. The van der Waals surface area contributed by atoms with Gasteiger partial charge in [0.25, 0.3) is 5.91 Å². The van der Waals surface area contributed by atoms with Crippen molar-refractivity contribution in [2.75, 3.05) is 4.90 Å². The summed E-state index contributed by atoms with van der Waals surface area (Å²) in [5.74, 6) is -0.400. The molecule has 0 radical (unpaired) electrons. The number of carbonyl (C=O) groups excluding carboxylic acids is 1. The molecule has 34 heavy (non-hydrogen) atoms. The number of nitrogens with zero attached hydrogens (tertiary/aromatic N) is 1. The lowest BCUT2D eigenvalue weighted by atomic mass is 9.87. The van der Waals surface area contributed by atoms with Crippen molar-refractivity contribution < 1.29 is 14.1 Å². The maximum Gasteiger partial charge on any atom is 0.268 e. The zero-order valence-corrected chi connectivity index (χ0v) is 22.5. The Balaban J connectivity index is 0.00000158. The first-order valence-electron chi connectivity index (χ1n) is 11.3. The average Bonchev–Trinajstić information content (AvgIpc) is 3.03. The molecule has 2 atom stereocenters. The Hall–Kier alpha value is -2.32. The van der Waals surface area contributed by atoms with Gasteiger partial charge in [-0.15, -0.1) is 0 Å². The van der Waals surface area contributed by atoms with E-state index < -0.39 is 22.5 Å². The summed E-state index contributed by atoms with van der Waals surface area (Å²) in [7, 11) is -1.40. The van der Waals surface area contributed by atoms with Gasteiger partial charge >= 0.3 is 0 Å². The zero-order chi connectivity index (χ0) is 25.1. The second-order valence-electron chi connectivity index (χ2n) is 8.89. The van der Waals surface area contributed by atoms with Crippen molar-refractivity contribution in [1.29, 1.82) is 0 Å². The summed E-state index contributed by atoms with van der Waals surface area (Å²) in [6.07, 6.45) is 0. The number of anilines is 1. The van der Waals surface area contributed by atoms with Crippen molar-refractivity contribution in [2.45, 2.75) is 57.2 Å². The predicted octanol–water partition coefficient (Wildman–Crippen LogP) is 5.67. The minimum Gasteiger partial charge on any atom is -0.372 e. The number of para-hydroxylation sites is 1. The van der Waals surface area contributed by atoms with Crippen molar-refractivity contribution in [3.8, 4) is 0 Å². The number of nitrogens with one attached hydrogen (secondary N) is 1. The number of aliphatic hydroxyl groups is 1. The number of hydrogen-bond donors (Lipinski definition) is 2. The summed E-state index contributed by atoms with van der Waals surface area (Å²) in [6, 6.07) is 21.8. The molecule has 4 rings (SSSR count). The van der Waals surface area contributed by atoms with Gasteiger partial charge in [0.2, 0.25) is 0 Å². The van der Waals surface area contributed by atoms with E-state index in [1.54, 1.807) is 35.2 Å². The first kappa shape index (κ1) is 26.3. The first-order chi connectivity index (χ1) is 16.1. The van der Waals surface area contributed by atoms with Crippen LogP contribution in [0.2, 0.25) is 0 Å². The molecule has 0 fully saturated rings. The number of benzene rings is 3. The van der Waals surface area contributed by atoms with E-state index in [-0.39, 0.29) is 5.54 Å². The van der Waals surface area contributed by atoms with Gasteiger partial charge in [0, 0.05) is 15.6 Å². The van der Waals surface area contributed by atoms with E-state index in [0.717, 1.165) is 10.0 Å². The predicted molar refractivity (Wildman–Crippen MR) is 142 cm³/mol. The lowest BCUT2D eigenvalue weighted by Crippen LogP contribution is -2.41. The van der Waals surface area contributed by atoms with E-state index in [4.69, 9.17) is 0 Å². The van der Waals surface area contributed by atoms with Gasteiger partial charge in [-0.2, -0.15) is 0 Å². The number of carbonyl (C=O) groups is 1. The third-order valence-corrected chi connectivity index (χ3v) is 7.31. The molecule has 180 valence electrons. The van der Waals surface area contributed by atoms with E-state index in [0.29, 0.717) is 28.3 Å². The fourth-order valence-electron chi connectivity index (χ4n) is 3.80. The molecule has 2 N–H and O–H groups in total. The van der Waals surface area contributed by atoms with Crippen LogP contribution in [0.15, 0.2) is 82.2 Å². The maximum atomic E-state index is 13.6.